The van der Waals surface area contributed by atoms with E-state index in [1.165, 1.54) is 0 Å². The molecule has 1 heterocycles. The number of amides is 4. The van der Waals surface area contributed by atoms with Crippen molar-refractivity contribution in [2.75, 3.05) is 0 Å². The number of nitrogens with one attached hydrogen (secondary N) is 1. The molecule has 1 aliphatic rings. The summed E-state index contributed by atoms with van der Waals surface area (Å²) < 4.78 is 0. The fourth-order valence-corrected chi connectivity index (χ4v) is 1.25. The van der Waals surface area contributed by atoms with E-state index in [-0.39, 0.29) is 29.6 Å². The van der Waals surface area contributed by atoms with Gasteiger partial charge in [-0.15, -0.1) is 0 Å². The van der Waals surface area contributed by atoms with Crippen LogP contribution in [-0.4, -0.2) is 17.8 Å². The first-order valence-corrected chi connectivity index (χ1v) is 3.93. The van der Waals surface area contributed by atoms with E-state index in [0.717, 1.165) is 0 Å². The van der Waals surface area contributed by atoms with Crippen molar-refractivity contribution in [3.63, 3.8) is 0 Å². The molecule has 1 atom stereocenters. The van der Waals surface area contributed by atoms with Crippen molar-refractivity contribution in [3.05, 3.63) is 5.32 Å². The van der Waals surface area contributed by atoms with Crippen LogP contribution in [0, 0.1) is 11.3 Å². The van der Waals surface area contributed by atoms with Crippen LogP contribution in [0.1, 0.15) is 20.8 Å². The summed E-state index contributed by atoms with van der Waals surface area (Å²) in [7, 11) is 0. The molecule has 6 heteroatoms. The van der Waals surface area contributed by atoms with Gasteiger partial charge in [0.05, 0.1) is 5.92 Å². The summed E-state index contributed by atoms with van der Waals surface area (Å²) in [6.45, 7) is 5.25. The van der Waals surface area contributed by atoms with Gasteiger partial charge in [-0.25, -0.2) is 0 Å². The first kappa shape index (κ1) is 13.6. The van der Waals surface area contributed by atoms with Crippen molar-refractivity contribution in [3.8, 4) is 0 Å². The van der Waals surface area contributed by atoms with Gasteiger partial charge in [0.1, 0.15) is 0 Å². The van der Waals surface area contributed by atoms with Gasteiger partial charge in [0.2, 0.25) is 0 Å². The zero-order valence-electron chi connectivity index (χ0n) is 8.75. The zero-order chi connectivity index (χ0) is 10.2. The van der Waals surface area contributed by atoms with Gasteiger partial charge in [0.25, 0.3) is 0 Å². The van der Waals surface area contributed by atoms with Crippen LogP contribution in [0.5, 0.6) is 0 Å². The van der Waals surface area contributed by atoms with Crippen molar-refractivity contribution in [1.82, 2.24) is 5.32 Å². The quantitative estimate of drug-likeness (QED) is 0.361. The van der Waals surface area contributed by atoms with Gasteiger partial charge in [0, 0.05) is 0 Å². The maximum absolute atomic E-state index is 11.2. The van der Waals surface area contributed by atoms with Crippen LogP contribution in [0.15, 0.2) is 0 Å². The number of rotatable bonds is 0. The minimum Gasteiger partial charge on any atom is -0.394 e. The molecule has 5 nitrogen and oxygen atoms in total. The third-order valence-corrected chi connectivity index (χ3v) is 1.82. The smallest absolute Gasteiger partial charge is 0.394 e. The second-order valence-corrected chi connectivity index (χ2v) is 4.04. The Morgan fingerprint density at radius 2 is 1.71 bits per heavy atom. The molecule has 0 saturated carbocycles. The molecule has 14 heavy (non-hydrogen) atoms. The molecular formula is C8H11N2NaO3. The number of carbonyl (C=O) groups is 3. The van der Waals surface area contributed by atoms with Gasteiger partial charge in [-0.2, -0.15) is 0 Å². The SMILES string of the molecule is CC(C)(C)C1C(=O)[N-]C(=O)NC1=O.[Na+]. The van der Waals surface area contributed by atoms with E-state index >= 15 is 0 Å². The summed E-state index contributed by atoms with van der Waals surface area (Å²) in [6, 6.07) is -0.865. The number of hydrogen-bond donors (Lipinski definition) is 1. The van der Waals surface area contributed by atoms with E-state index in [4.69, 9.17) is 0 Å². The van der Waals surface area contributed by atoms with Gasteiger partial charge < -0.3 is 10.6 Å². The Hall–Kier alpha value is -0.390. The van der Waals surface area contributed by atoms with Crippen LogP contribution in [0.4, 0.5) is 4.79 Å². The maximum atomic E-state index is 11.2. The topological polar surface area (TPSA) is 77.3 Å². The Balaban J connectivity index is 0.00000169. The summed E-state index contributed by atoms with van der Waals surface area (Å²) in [5, 5.41) is 5.17. The summed E-state index contributed by atoms with van der Waals surface area (Å²) >= 11 is 0. The second-order valence-electron chi connectivity index (χ2n) is 4.04. The molecule has 4 amide bonds. The average Bonchev–Trinajstić information content (AvgIpc) is 1.78. The van der Waals surface area contributed by atoms with Crippen LogP contribution >= 0.6 is 0 Å². The van der Waals surface area contributed by atoms with E-state index in [0.29, 0.717) is 0 Å². The summed E-state index contributed by atoms with van der Waals surface area (Å²) in [5.41, 5.74) is -0.509. The molecule has 1 unspecified atom stereocenters. The first-order valence-electron chi connectivity index (χ1n) is 3.93. The Morgan fingerprint density at radius 1 is 1.21 bits per heavy atom. The molecule has 0 aromatic heterocycles. The molecule has 1 N–H and O–H groups in total. The molecule has 0 radical (unpaired) electrons. The van der Waals surface area contributed by atoms with Crippen LogP contribution in [0.2, 0.25) is 0 Å². The van der Waals surface area contributed by atoms with Gasteiger partial charge in [-0.1, -0.05) is 20.8 Å². The van der Waals surface area contributed by atoms with Crippen LogP contribution in [0.25, 0.3) is 5.32 Å². The van der Waals surface area contributed by atoms with Gasteiger partial charge in [0.15, 0.2) is 17.8 Å². The first-order chi connectivity index (χ1) is 5.82. The fraction of sp³-hybridized carbons (Fsp3) is 0.625. The van der Waals surface area contributed by atoms with E-state index in [1.54, 1.807) is 20.8 Å². The largest absolute Gasteiger partial charge is 1.00 e. The second kappa shape index (κ2) is 4.42. The van der Waals surface area contributed by atoms with Crippen LogP contribution < -0.4 is 34.9 Å². The number of urea groups is 1. The van der Waals surface area contributed by atoms with Gasteiger partial charge in [-0.3, -0.25) is 14.4 Å². The number of nitrogens with zero attached hydrogens (tertiary/aromatic N) is 1. The van der Waals surface area contributed by atoms with Crippen molar-refractivity contribution in [2.24, 2.45) is 11.3 Å². The van der Waals surface area contributed by atoms with E-state index in [9.17, 15) is 14.4 Å². The third kappa shape index (κ3) is 2.80. The predicted octanol–water partition coefficient (Wildman–Crippen LogP) is -2.20. The monoisotopic (exact) mass is 206 g/mol. The number of hydrogen-bond acceptors (Lipinski definition) is 3. The Morgan fingerprint density at radius 3 is 2.07 bits per heavy atom. The van der Waals surface area contributed by atoms with Crippen LogP contribution in [0.3, 0.4) is 0 Å². The average molecular weight is 206 g/mol. The molecule has 0 aromatic carbocycles. The summed E-state index contributed by atoms with van der Waals surface area (Å²) in [6.07, 6.45) is 0. The predicted molar refractivity (Wildman–Crippen MR) is 44.8 cm³/mol. The minimum atomic E-state index is -0.865. The molecule has 72 valence electrons. The summed E-state index contributed by atoms with van der Waals surface area (Å²) in [5.74, 6) is -2.07. The molecule has 1 aliphatic heterocycles. The zero-order valence-corrected chi connectivity index (χ0v) is 10.7. The van der Waals surface area contributed by atoms with E-state index in [1.807, 2.05) is 5.32 Å². The Labute approximate surface area is 104 Å². The van der Waals surface area contributed by atoms with Crippen LogP contribution in [-0.2, 0) is 9.59 Å². The fourth-order valence-electron chi connectivity index (χ4n) is 1.25. The van der Waals surface area contributed by atoms with E-state index < -0.39 is 29.2 Å². The maximum Gasteiger partial charge on any atom is 1.00 e. The summed E-state index contributed by atoms with van der Waals surface area (Å²) in [4.78, 5) is 33.1. The Bertz CT molecular complexity index is 263. The van der Waals surface area contributed by atoms with Crippen molar-refractivity contribution < 1.29 is 43.9 Å². The molecule has 0 bridgehead atoms. The molecular weight excluding hydrogens is 195 g/mol. The molecule has 0 aliphatic carbocycles. The molecule has 0 aromatic rings. The molecule has 1 fully saturated rings. The normalized spacial score (nSPS) is 22.2. The Kier molecular flexibility index (Phi) is 4.30. The van der Waals surface area contributed by atoms with Crippen molar-refractivity contribution >= 4 is 17.8 Å². The molecule has 1 rings (SSSR count). The number of barbiturate groups is 1. The standard InChI is InChI=1S/C8H12N2O3.Na/c1-8(2,3)4-5(11)9-7(13)10-6(4)12;/h4H,1-3H3,(H2,9,10,11,12,13);/q;+1/p-1. The molecule has 1 saturated heterocycles. The van der Waals surface area contributed by atoms with Crippen molar-refractivity contribution in [2.45, 2.75) is 20.8 Å². The van der Waals surface area contributed by atoms with Gasteiger partial charge >= 0.3 is 29.6 Å². The minimum absolute atomic E-state index is 0. The van der Waals surface area contributed by atoms with Gasteiger partial charge in [-0.05, 0) is 5.41 Å². The van der Waals surface area contributed by atoms with Crippen molar-refractivity contribution in [1.29, 1.82) is 0 Å². The number of carbonyl (C=O) groups excluding carboxylic acids is 3. The van der Waals surface area contributed by atoms with E-state index in [2.05, 4.69) is 5.32 Å². The molecule has 0 spiro atoms. The third-order valence-electron chi connectivity index (χ3n) is 1.82. The number of imide groups is 2.